The molecule has 0 bridgehead atoms. The van der Waals surface area contributed by atoms with Gasteiger partial charge in [-0.05, 0) is 35.9 Å². The smallest absolute Gasteiger partial charge is 0.345 e. The summed E-state index contributed by atoms with van der Waals surface area (Å²) in [6, 6.07) is 10.6. The second kappa shape index (κ2) is 6.41. The van der Waals surface area contributed by atoms with Gasteiger partial charge < -0.3 is 9.67 Å². The van der Waals surface area contributed by atoms with Crippen LogP contribution in [-0.2, 0) is 0 Å². The number of carboxylic acid groups (broad SMARTS) is 1. The van der Waals surface area contributed by atoms with Crippen molar-refractivity contribution in [1.82, 2.24) is 9.55 Å². The van der Waals surface area contributed by atoms with Gasteiger partial charge in [0.25, 0.3) is 0 Å². The summed E-state index contributed by atoms with van der Waals surface area (Å²) in [4.78, 5) is 27.4. The van der Waals surface area contributed by atoms with Crippen molar-refractivity contribution in [3.05, 3.63) is 76.5 Å². The Morgan fingerprint density at radius 1 is 1.09 bits per heavy atom. The van der Waals surface area contributed by atoms with Crippen LogP contribution >= 0.6 is 11.3 Å². The minimum atomic E-state index is -1.02. The van der Waals surface area contributed by atoms with Crippen LogP contribution in [0.3, 0.4) is 0 Å². The molecule has 3 aromatic rings. The number of aromatic carboxylic acids is 1. The molecule has 1 N–H and O–H groups in total. The van der Waals surface area contributed by atoms with E-state index in [1.54, 1.807) is 18.6 Å². The van der Waals surface area contributed by atoms with Crippen LogP contribution in [0.5, 0.6) is 0 Å². The predicted molar refractivity (Wildman–Crippen MR) is 88.2 cm³/mol. The second-order valence-corrected chi connectivity index (χ2v) is 5.81. The molecule has 3 rings (SSSR count). The molecule has 0 aliphatic heterocycles. The first-order valence-corrected chi connectivity index (χ1v) is 7.59. The lowest BCUT2D eigenvalue weighted by atomic mass is 10.1. The van der Waals surface area contributed by atoms with Gasteiger partial charge in [-0.15, -0.1) is 11.3 Å². The molecule has 5 nitrogen and oxygen atoms in total. The number of hydrogen-bond acceptors (Lipinski definition) is 4. The van der Waals surface area contributed by atoms with E-state index >= 15 is 0 Å². The first kappa shape index (κ1) is 14.9. The molecule has 0 radical (unpaired) electrons. The van der Waals surface area contributed by atoms with Crippen molar-refractivity contribution >= 4 is 29.2 Å². The molecule has 6 heteroatoms. The third-order valence-electron chi connectivity index (χ3n) is 3.18. The number of hydrogen-bond donors (Lipinski definition) is 1. The lowest BCUT2D eigenvalue weighted by Crippen LogP contribution is -1.91. The summed E-state index contributed by atoms with van der Waals surface area (Å²) < 4.78 is 1.89. The Bertz CT molecular complexity index is 862. The van der Waals surface area contributed by atoms with Crippen molar-refractivity contribution in [2.75, 3.05) is 0 Å². The number of ketones is 1. The summed E-state index contributed by atoms with van der Waals surface area (Å²) in [6.07, 6.45) is 8.43. The van der Waals surface area contributed by atoms with Gasteiger partial charge in [0.05, 0.1) is 11.2 Å². The zero-order valence-corrected chi connectivity index (χ0v) is 12.7. The number of nitrogens with zero attached hydrogens (tertiary/aromatic N) is 2. The normalized spacial score (nSPS) is 11.0. The summed E-state index contributed by atoms with van der Waals surface area (Å²) in [7, 11) is 0. The first-order valence-electron chi connectivity index (χ1n) is 6.77. The molecule has 0 aliphatic rings. The van der Waals surface area contributed by atoms with E-state index in [-0.39, 0.29) is 10.7 Å². The average molecular weight is 324 g/mol. The van der Waals surface area contributed by atoms with Gasteiger partial charge in [-0.25, -0.2) is 9.78 Å². The molecule has 0 saturated carbocycles. The van der Waals surface area contributed by atoms with Gasteiger partial charge >= 0.3 is 5.97 Å². The fourth-order valence-corrected chi connectivity index (χ4v) is 2.77. The topological polar surface area (TPSA) is 72.2 Å². The maximum Gasteiger partial charge on any atom is 0.345 e. The minimum Gasteiger partial charge on any atom is -0.477 e. The Kier molecular flexibility index (Phi) is 4.16. The molecule has 114 valence electrons. The molecule has 2 aromatic heterocycles. The Balaban J connectivity index is 1.71. The molecule has 0 fully saturated rings. The molecule has 0 unspecified atom stereocenters. The largest absolute Gasteiger partial charge is 0.477 e. The van der Waals surface area contributed by atoms with Crippen LogP contribution in [0.15, 0.2) is 61.2 Å². The summed E-state index contributed by atoms with van der Waals surface area (Å²) in [5.41, 5.74) is 1.87. The number of carbonyl (C=O) groups excluding carboxylic acids is 1. The van der Waals surface area contributed by atoms with Crippen molar-refractivity contribution in [3.8, 4) is 5.69 Å². The number of carboxylic acids is 1. The minimum absolute atomic E-state index is 0.159. The van der Waals surface area contributed by atoms with Crippen LogP contribution in [0.2, 0.25) is 0 Å². The van der Waals surface area contributed by atoms with Crippen LogP contribution in [0.4, 0.5) is 0 Å². The lowest BCUT2D eigenvalue weighted by molar-refractivity contribution is 0.0702. The Morgan fingerprint density at radius 2 is 1.83 bits per heavy atom. The lowest BCUT2D eigenvalue weighted by Gasteiger charge is -2.01. The predicted octanol–water partition coefficient (Wildman–Crippen LogP) is 3.53. The fraction of sp³-hybridized carbons (Fsp3) is 0. The highest BCUT2D eigenvalue weighted by molar-refractivity contribution is 7.16. The molecular formula is C17H12N2O3S. The van der Waals surface area contributed by atoms with E-state index in [1.807, 2.05) is 35.0 Å². The van der Waals surface area contributed by atoms with Crippen LogP contribution in [-0.4, -0.2) is 26.4 Å². The summed E-state index contributed by atoms with van der Waals surface area (Å²) in [5.74, 6) is -1.23. The molecule has 0 amide bonds. The molecule has 0 atom stereocenters. The van der Waals surface area contributed by atoms with Gasteiger partial charge in [0.2, 0.25) is 0 Å². The van der Waals surface area contributed by atoms with Gasteiger partial charge in [-0.3, -0.25) is 4.79 Å². The zero-order valence-electron chi connectivity index (χ0n) is 11.9. The number of imidazole rings is 1. The molecule has 1 aromatic carbocycles. The maximum absolute atomic E-state index is 12.0. The third-order valence-corrected chi connectivity index (χ3v) is 4.27. The van der Waals surface area contributed by atoms with Crippen LogP contribution < -0.4 is 0 Å². The fourth-order valence-electron chi connectivity index (χ4n) is 2.01. The quantitative estimate of drug-likeness (QED) is 0.575. The summed E-state index contributed by atoms with van der Waals surface area (Å²) >= 11 is 0.974. The van der Waals surface area contributed by atoms with Crippen molar-refractivity contribution in [2.24, 2.45) is 0 Å². The highest BCUT2D eigenvalue weighted by atomic mass is 32.1. The SMILES string of the molecule is O=C(O)c1ccc(C(=O)/C=C/c2ccc(-n3ccnc3)cc2)s1. The number of benzene rings is 1. The van der Waals surface area contributed by atoms with Crippen LogP contribution in [0, 0.1) is 0 Å². The molecule has 23 heavy (non-hydrogen) atoms. The maximum atomic E-state index is 12.0. The van der Waals surface area contributed by atoms with E-state index in [2.05, 4.69) is 4.98 Å². The van der Waals surface area contributed by atoms with Gasteiger partial charge in [0, 0.05) is 18.1 Å². The second-order valence-electron chi connectivity index (χ2n) is 4.73. The van der Waals surface area contributed by atoms with E-state index in [4.69, 9.17) is 5.11 Å². The highest BCUT2D eigenvalue weighted by Gasteiger charge is 2.10. The van der Waals surface area contributed by atoms with Crippen molar-refractivity contribution in [1.29, 1.82) is 0 Å². The molecular weight excluding hydrogens is 312 g/mol. The van der Waals surface area contributed by atoms with Crippen molar-refractivity contribution in [3.63, 3.8) is 0 Å². The molecule has 0 saturated heterocycles. The van der Waals surface area contributed by atoms with E-state index in [9.17, 15) is 9.59 Å². The number of aromatic nitrogens is 2. The standard InChI is InChI=1S/C17H12N2O3S/c20-14(15-7-8-16(23-15)17(21)22)6-3-12-1-4-13(5-2-12)19-10-9-18-11-19/h1-11H,(H,21,22)/b6-3+. The molecule has 0 spiro atoms. The van der Waals surface area contributed by atoms with Crippen LogP contribution in [0.25, 0.3) is 11.8 Å². The Labute approximate surface area is 136 Å². The van der Waals surface area contributed by atoms with Crippen LogP contribution in [0.1, 0.15) is 24.9 Å². The van der Waals surface area contributed by atoms with Crippen molar-refractivity contribution < 1.29 is 14.7 Å². The first-order chi connectivity index (χ1) is 11.1. The summed E-state index contributed by atoms with van der Waals surface area (Å²) in [6.45, 7) is 0. The monoisotopic (exact) mass is 324 g/mol. The third kappa shape index (κ3) is 3.44. The Morgan fingerprint density at radius 3 is 2.43 bits per heavy atom. The Hall–Kier alpha value is -2.99. The molecule has 2 heterocycles. The van der Waals surface area contributed by atoms with E-state index in [0.29, 0.717) is 4.88 Å². The van der Waals surface area contributed by atoms with Crippen molar-refractivity contribution in [2.45, 2.75) is 0 Å². The average Bonchev–Trinajstić information content (AvgIpc) is 3.24. The van der Waals surface area contributed by atoms with Gasteiger partial charge in [0.15, 0.2) is 5.78 Å². The molecule has 0 aliphatic carbocycles. The zero-order chi connectivity index (χ0) is 16.2. The number of rotatable bonds is 5. The van der Waals surface area contributed by atoms with Gasteiger partial charge in [-0.2, -0.15) is 0 Å². The highest BCUT2D eigenvalue weighted by Crippen LogP contribution is 2.18. The summed E-state index contributed by atoms with van der Waals surface area (Å²) in [5, 5.41) is 8.87. The van der Waals surface area contributed by atoms with E-state index in [0.717, 1.165) is 22.6 Å². The number of thiophene rings is 1. The van der Waals surface area contributed by atoms with Gasteiger partial charge in [-0.1, -0.05) is 18.2 Å². The number of allylic oxidation sites excluding steroid dienone is 1. The number of carbonyl (C=O) groups is 2. The van der Waals surface area contributed by atoms with E-state index in [1.165, 1.54) is 18.2 Å². The van der Waals surface area contributed by atoms with E-state index < -0.39 is 5.97 Å². The van der Waals surface area contributed by atoms with Gasteiger partial charge in [0.1, 0.15) is 4.88 Å².